The van der Waals surface area contributed by atoms with Crippen LogP contribution in [0.5, 0.6) is 0 Å². The van der Waals surface area contributed by atoms with Crippen molar-refractivity contribution >= 4 is 75.4 Å². The Morgan fingerprint density at radius 2 is 0.889 bits per heavy atom. The molecular weight excluding hydrogens is 477 g/mol. The zero-order valence-electron chi connectivity index (χ0n) is 19.1. The molecule has 0 amide bonds. The molecule has 168 valence electrons. The molecule has 6 aromatic carbocycles. The summed E-state index contributed by atoms with van der Waals surface area (Å²) in [5.41, 5.74) is 10.9. The van der Waals surface area contributed by atoms with Crippen LogP contribution >= 0.6 is 22.7 Å². The van der Waals surface area contributed by atoms with Gasteiger partial charge in [0.1, 0.15) is 0 Å². The van der Waals surface area contributed by atoms with E-state index in [-0.39, 0.29) is 0 Å². The van der Waals surface area contributed by atoms with Gasteiger partial charge in [0.05, 0.1) is 31.5 Å². The highest BCUT2D eigenvalue weighted by Gasteiger charge is 2.13. The molecule has 2 nitrogen and oxygen atoms in total. The summed E-state index contributed by atoms with van der Waals surface area (Å²) < 4.78 is 2.48. The molecule has 0 saturated heterocycles. The number of rotatable bonds is 2. The van der Waals surface area contributed by atoms with E-state index in [0.29, 0.717) is 0 Å². The molecule has 0 bridgehead atoms. The van der Waals surface area contributed by atoms with Crippen LogP contribution in [-0.2, 0) is 0 Å². The van der Waals surface area contributed by atoms with Crippen LogP contribution in [0.3, 0.4) is 0 Å². The van der Waals surface area contributed by atoms with Crippen molar-refractivity contribution in [2.75, 3.05) is 0 Å². The Balaban J connectivity index is 1.43. The molecule has 0 N–H and O–H groups in total. The summed E-state index contributed by atoms with van der Waals surface area (Å²) in [5, 5.41) is 7.71. The molecule has 0 unspecified atom stereocenters. The molecule has 0 saturated carbocycles. The lowest BCUT2D eigenvalue weighted by atomic mass is 9.90. The number of hydrogen-bond acceptors (Lipinski definition) is 4. The Hall–Kier alpha value is -4.12. The summed E-state index contributed by atoms with van der Waals surface area (Å²) in [6.45, 7) is 0. The zero-order valence-corrected chi connectivity index (χ0v) is 20.7. The van der Waals surface area contributed by atoms with Gasteiger partial charge in [-0.25, -0.2) is 9.97 Å². The third kappa shape index (κ3) is 2.89. The second-order valence-corrected chi connectivity index (χ2v) is 10.8. The maximum absolute atomic E-state index is 4.52. The first-order valence-corrected chi connectivity index (χ1v) is 13.6. The maximum Gasteiger partial charge on any atom is 0.0818 e. The minimum Gasteiger partial charge on any atom is -0.245 e. The van der Waals surface area contributed by atoms with Gasteiger partial charge in [0.25, 0.3) is 0 Å². The maximum atomic E-state index is 4.52. The predicted molar refractivity (Wildman–Crippen MR) is 156 cm³/mol. The average Bonchev–Trinajstić information content (AvgIpc) is 3.62. The first-order chi connectivity index (χ1) is 17.8. The van der Waals surface area contributed by atoms with E-state index in [0.717, 1.165) is 11.0 Å². The number of thiazole rings is 2. The largest absolute Gasteiger partial charge is 0.245 e. The highest BCUT2D eigenvalue weighted by atomic mass is 32.1. The second kappa shape index (κ2) is 7.69. The fourth-order valence-corrected chi connectivity index (χ4v) is 7.17. The smallest absolute Gasteiger partial charge is 0.0818 e. The molecule has 0 aliphatic rings. The average molecular weight is 495 g/mol. The molecule has 0 fully saturated rings. The molecule has 4 heteroatoms. The van der Waals surface area contributed by atoms with Crippen molar-refractivity contribution in [1.29, 1.82) is 0 Å². The summed E-state index contributed by atoms with van der Waals surface area (Å²) >= 11 is 3.41. The molecule has 0 atom stereocenters. The third-order valence-electron chi connectivity index (χ3n) is 7.17. The Morgan fingerprint density at radius 1 is 0.417 bits per heavy atom. The molecule has 8 aromatic rings. The standard InChI is InChI=1S/C32H18N2S2/c1-2-6-24-23(5-1)27-15-19(21-7-3-9-29-31(21)35-17-33-29)11-13-25(27)26-14-12-20(16-28(24)26)22-8-4-10-30-32(22)36-18-34-30/h1-18H. The molecule has 0 aliphatic heterocycles. The van der Waals surface area contributed by atoms with Gasteiger partial charge < -0.3 is 0 Å². The lowest BCUT2D eigenvalue weighted by molar-refractivity contribution is 1.50. The minimum absolute atomic E-state index is 1.06. The Labute approximate surface area is 215 Å². The van der Waals surface area contributed by atoms with Gasteiger partial charge >= 0.3 is 0 Å². The summed E-state index contributed by atoms with van der Waals surface area (Å²) in [5.74, 6) is 0. The Bertz CT molecular complexity index is 1940. The second-order valence-electron chi connectivity index (χ2n) is 9.08. The lowest BCUT2D eigenvalue weighted by Crippen LogP contribution is -1.87. The summed E-state index contributed by atoms with van der Waals surface area (Å²) in [6.07, 6.45) is 0. The van der Waals surface area contributed by atoms with Crippen molar-refractivity contribution in [3.63, 3.8) is 0 Å². The number of fused-ring (bicyclic) bond motifs is 8. The van der Waals surface area contributed by atoms with Crippen molar-refractivity contribution in [1.82, 2.24) is 9.97 Å². The normalized spacial score (nSPS) is 11.9. The van der Waals surface area contributed by atoms with Gasteiger partial charge in [-0.3, -0.25) is 0 Å². The first-order valence-electron chi connectivity index (χ1n) is 11.9. The van der Waals surface area contributed by atoms with Crippen LogP contribution in [-0.4, -0.2) is 9.97 Å². The van der Waals surface area contributed by atoms with Crippen molar-refractivity contribution in [3.05, 3.63) is 108 Å². The summed E-state index contributed by atoms with van der Waals surface area (Å²) in [6, 6.07) is 35.4. The molecule has 0 radical (unpaired) electrons. The van der Waals surface area contributed by atoms with Crippen molar-refractivity contribution in [2.24, 2.45) is 0 Å². The SMILES string of the molecule is c1cc(-c2ccc3c4ccc(-c5cccc6ncsc56)cc4c4ccccc4c3c2)c2scnc2c1. The highest BCUT2D eigenvalue weighted by Crippen LogP contribution is 2.41. The Kier molecular flexibility index (Phi) is 4.30. The van der Waals surface area contributed by atoms with Crippen LogP contribution in [0.1, 0.15) is 0 Å². The van der Waals surface area contributed by atoms with Gasteiger partial charge in [-0.2, -0.15) is 0 Å². The van der Waals surface area contributed by atoms with E-state index in [1.54, 1.807) is 22.7 Å². The predicted octanol–water partition coefficient (Wildman–Crippen LogP) is 9.70. The molecule has 8 rings (SSSR count). The topological polar surface area (TPSA) is 25.8 Å². The quantitative estimate of drug-likeness (QED) is 0.224. The van der Waals surface area contributed by atoms with E-state index in [1.807, 2.05) is 11.0 Å². The van der Waals surface area contributed by atoms with Gasteiger partial charge in [0, 0.05) is 11.1 Å². The summed E-state index contributed by atoms with van der Waals surface area (Å²) in [4.78, 5) is 9.04. The molecule has 36 heavy (non-hydrogen) atoms. The molecule has 2 heterocycles. The van der Waals surface area contributed by atoms with Gasteiger partial charge in [-0.1, -0.05) is 72.8 Å². The molecular formula is C32H18N2S2. The molecule has 2 aromatic heterocycles. The van der Waals surface area contributed by atoms with E-state index in [9.17, 15) is 0 Å². The van der Waals surface area contributed by atoms with Crippen LogP contribution in [0.15, 0.2) is 108 Å². The summed E-state index contributed by atoms with van der Waals surface area (Å²) in [7, 11) is 0. The number of hydrogen-bond donors (Lipinski definition) is 0. The monoisotopic (exact) mass is 494 g/mol. The van der Waals surface area contributed by atoms with Gasteiger partial charge in [-0.05, 0) is 67.7 Å². The van der Waals surface area contributed by atoms with Crippen LogP contribution in [0.4, 0.5) is 0 Å². The number of aromatic nitrogens is 2. The van der Waals surface area contributed by atoms with Crippen molar-refractivity contribution in [2.45, 2.75) is 0 Å². The van der Waals surface area contributed by atoms with Crippen LogP contribution in [0.2, 0.25) is 0 Å². The lowest BCUT2D eigenvalue weighted by Gasteiger charge is -2.14. The number of benzene rings is 6. The molecule has 0 aliphatic carbocycles. The van der Waals surface area contributed by atoms with Gasteiger partial charge in [-0.15, -0.1) is 22.7 Å². The fourth-order valence-electron chi connectivity index (χ4n) is 5.52. The number of nitrogens with zero attached hydrogens (tertiary/aromatic N) is 2. The van der Waals surface area contributed by atoms with E-state index in [4.69, 9.17) is 0 Å². The van der Waals surface area contributed by atoms with E-state index in [1.165, 1.54) is 64.0 Å². The van der Waals surface area contributed by atoms with E-state index < -0.39 is 0 Å². The van der Waals surface area contributed by atoms with E-state index >= 15 is 0 Å². The van der Waals surface area contributed by atoms with Gasteiger partial charge in [0.15, 0.2) is 0 Å². The minimum atomic E-state index is 1.06. The Morgan fingerprint density at radius 3 is 1.39 bits per heavy atom. The van der Waals surface area contributed by atoms with Gasteiger partial charge in [0.2, 0.25) is 0 Å². The fraction of sp³-hybridized carbons (Fsp3) is 0. The van der Waals surface area contributed by atoms with E-state index in [2.05, 4.69) is 107 Å². The van der Waals surface area contributed by atoms with Crippen molar-refractivity contribution in [3.8, 4) is 22.3 Å². The zero-order chi connectivity index (χ0) is 23.6. The highest BCUT2D eigenvalue weighted by molar-refractivity contribution is 7.17. The van der Waals surface area contributed by atoms with Crippen LogP contribution < -0.4 is 0 Å². The first kappa shape index (κ1) is 20.1. The molecule has 0 spiro atoms. The van der Waals surface area contributed by atoms with Crippen molar-refractivity contribution < 1.29 is 0 Å². The third-order valence-corrected chi connectivity index (χ3v) is 8.92. The van der Waals surface area contributed by atoms with Crippen LogP contribution in [0, 0.1) is 0 Å². The van der Waals surface area contributed by atoms with Crippen LogP contribution in [0.25, 0.3) is 75.0 Å².